The van der Waals surface area contributed by atoms with Crippen molar-refractivity contribution in [3.8, 4) is 11.3 Å². The number of nitrogens with zero attached hydrogens (tertiary/aromatic N) is 2. The molecule has 1 amide bonds. The van der Waals surface area contributed by atoms with Crippen LogP contribution in [0.5, 0.6) is 0 Å². The summed E-state index contributed by atoms with van der Waals surface area (Å²) in [6.45, 7) is 4.70. The van der Waals surface area contributed by atoms with Crippen molar-refractivity contribution in [3.63, 3.8) is 0 Å². The number of carbonyl (C=O) groups is 1. The lowest BCUT2D eigenvalue weighted by atomic mass is 10.1. The van der Waals surface area contributed by atoms with Crippen LogP contribution in [0.15, 0.2) is 84.2 Å². The first-order valence-electron chi connectivity index (χ1n) is 11.1. The number of rotatable bonds is 9. The Labute approximate surface area is 198 Å². The number of aromatic nitrogens is 1. The van der Waals surface area contributed by atoms with Crippen LogP contribution in [-0.2, 0) is 19.6 Å². The van der Waals surface area contributed by atoms with E-state index in [9.17, 15) is 4.79 Å². The number of benzene rings is 3. The molecule has 1 heterocycles. The Balaban J connectivity index is 1.37. The molecule has 0 atom stereocenters. The predicted octanol–water partition coefficient (Wildman–Crippen LogP) is 5.23. The van der Waals surface area contributed by atoms with Crippen LogP contribution in [0.3, 0.4) is 0 Å². The molecule has 0 aliphatic rings. The summed E-state index contributed by atoms with van der Waals surface area (Å²) in [4.78, 5) is 19.6. The van der Waals surface area contributed by atoms with Crippen LogP contribution in [0.2, 0.25) is 0 Å². The average Bonchev–Trinajstić information content (AvgIpc) is 3.37. The van der Waals surface area contributed by atoms with E-state index in [0.29, 0.717) is 18.7 Å². The van der Waals surface area contributed by atoms with Gasteiger partial charge < -0.3 is 16.0 Å². The Bertz CT molecular complexity index is 1190. The van der Waals surface area contributed by atoms with Gasteiger partial charge in [0, 0.05) is 42.7 Å². The van der Waals surface area contributed by atoms with E-state index in [0.717, 1.165) is 46.2 Å². The molecule has 1 aromatic heterocycles. The number of amides is 1. The minimum atomic E-state index is -0.0838. The zero-order valence-corrected chi connectivity index (χ0v) is 19.5. The molecule has 0 unspecified atom stereocenters. The molecule has 4 rings (SSSR count). The van der Waals surface area contributed by atoms with Crippen LogP contribution >= 0.6 is 11.3 Å². The molecular weight excluding hydrogens is 428 g/mol. The lowest BCUT2D eigenvalue weighted by Gasteiger charge is -2.20. The molecule has 168 valence electrons. The third-order valence-electron chi connectivity index (χ3n) is 5.48. The molecule has 4 aromatic rings. The number of hydrogen-bond acceptors (Lipinski definition) is 5. The Hall–Kier alpha value is -3.48. The summed E-state index contributed by atoms with van der Waals surface area (Å²) in [5, 5.41) is 6.08. The number of hydrogen-bond donors (Lipinski definition) is 2. The van der Waals surface area contributed by atoms with E-state index in [4.69, 9.17) is 10.7 Å². The second-order valence-corrected chi connectivity index (χ2v) is 8.64. The summed E-state index contributed by atoms with van der Waals surface area (Å²) in [7, 11) is 0. The summed E-state index contributed by atoms with van der Waals surface area (Å²) in [6.07, 6.45) is 0. The molecule has 3 N–H and O–H groups in total. The molecule has 33 heavy (non-hydrogen) atoms. The number of anilines is 1. The van der Waals surface area contributed by atoms with E-state index in [-0.39, 0.29) is 5.91 Å². The van der Waals surface area contributed by atoms with Gasteiger partial charge in [0.1, 0.15) is 0 Å². The van der Waals surface area contributed by atoms with E-state index in [1.54, 1.807) is 11.3 Å². The zero-order chi connectivity index (χ0) is 23.0. The van der Waals surface area contributed by atoms with Gasteiger partial charge in [-0.25, -0.2) is 4.98 Å². The molecule has 6 heteroatoms. The standard InChI is InChI=1S/C27H28N4OS/c1-2-31(27-30-25(19-33-27)23-9-4-3-5-10-23)18-20-11-13-24(14-12-20)26(32)29-17-22-8-6-7-21(15-22)16-28/h3-15,19H,2,16-18,28H2,1H3,(H,29,32). The maximum atomic E-state index is 12.6. The molecule has 0 aliphatic carbocycles. The maximum Gasteiger partial charge on any atom is 0.251 e. The monoisotopic (exact) mass is 456 g/mol. The highest BCUT2D eigenvalue weighted by Gasteiger charge is 2.12. The van der Waals surface area contributed by atoms with Gasteiger partial charge in [-0.05, 0) is 35.7 Å². The molecule has 5 nitrogen and oxygen atoms in total. The molecule has 0 spiro atoms. The van der Waals surface area contributed by atoms with Crippen LogP contribution < -0.4 is 16.0 Å². The molecule has 0 bridgehead atoms. The normalized spacial score (nSPS) is 10.7. The van der Waals surface area contributed by atoms with Crippen molar-refractivity contribution in [1.82, 2.24) is 10.3 Å². The van der Waals surface area contributed by atoms with Crippen molar-refractivity contribution in [2.75, 3.05) is 11.4 Å². The van der Waals surface area contributed by atoms with E-state index < -0.39 is 0 Å². The second kappa shape index (κ2) is 10.9. The largest absolute Gasteiger partial charge is 0.348 e. The summed E-state index contributed by atoms with van der Waals surface area (Å²) >= 11 is 1.65. The molecule has 0 radical (unpaired) electrons. The molecule has 0 fully saturated rings. The topological polar surface area (TPSA) is 71.2 Å². The lowest BCUT2D eigenvalue weighted by Crippen LogP contribution is -2.23. The van der Waals surface area contributed by atoms with Crippen molar-refractivity contribution in [2.45, 2.75) is 26.6 Å². The first kappa shape index (κ1) is 22.7. The minimum Gasteiger partial charge on any atom is -0.348 e. The highest BCUT2D eigenvalue weighted by atomic mass is 32.1. The van der Waals surface area contributed by atoms with Gasteiger partial charge in [-0.1, -0.05) is 66.7 Å². The Morgan fingerprint density at radius 2 is 1.73 bits per heavy atom. The Kier molecular flexibility index (Phi) is 7.50. The highest BCUT2D eigenvalue weighted by Crippen LogP contribution is 2.28. The van der Waals surface area contributed by atoms with Crippen molar-refractivity contribution in [2.24, 2.45) is 5.73 Å². The summed E-state index contributed by atoms with van der Waals surface area (Å²) < 4.78 is 0. The minimum absolute atomic E-state index is 0.0838. The number of nitrogens with two attached hydrogens (primary N) is 1. The molecule has 0 saturated heterocycles. The fourth-order valence-electron chi connectivity index (χ4n) is 3.60. The van der Waals surface area contributed by atoms with Crippen LogP contribution in [0.25, 0.3) is 11.3 Å². The van der Waals surface area contributed by atoms with Crippen LogP contribution in [0.4, 0.5) is 5.13 Å². The van der Waals surface area contributed by atoms with Gasteiger partial charge in [0.25, 0.3) is 5.91 Å². The molecule has 3 aromatic carbocycles. The van der Waals surface area contributed by atoms with Gasteiger partial charge in [0.05, 0.1) is 5.69 Å². The van der Waals surface area contributed by atoms with Crippen molar-refractivity contribution < 1.29 is 4.79 Å². The van der Waals surface area contributed by atoms with E-state index in [1.165, 1.54) is 0 Å². The smallest absolute Gasteiger partial charge is 0.251 e. The first-order valence-corrected chi connectivity index (χ1v) is 11.9. The third-order valence-corrected chi connectivity index (χ3v) is 6.38. The Morgan fingerprint density at radius 3 is 2.45 bits per heavy atom. The number of nitrogens with one attached hydrogen (secondary N) is 1. The fraction of sp³-hybridized carbons (Fsp3) is 0.185. The van der Waals surface area contributed by atoms with Gasteiger partial charge in [-0.2, -0.15) is 0 Å². The quantitative estimate of drug-likeness (QED) is 0.362. The van der Waals surface area contributed by atoms with Gasteiger partial charge in [-0.3, -0.25) is 4.79 Å². The first-order chi connectivity index (χ1) is 16.2. The van der Waals surface area contributed by atoms with Gasteiger partial charge in [-0.15, -0.1) is 11.3 Å². The van der Waals surface area contributed by atoms with E-state index in [1.807, 2.05) is 66.7 Å². The van der Waals surface area contributed by atoms with Crippen molar-refractivity contribution >= 4 is 22.4 Å². The SMILES string of the molecule is CCN(Cc1ccc(C(=O)NCc2cccc(CN)c2)cc1)c1nc(-c2ccccc2)cs1. The maximum absolute atomic E-state index is 12.6. The average molecular weight is 457 g/mol. The fourth-order valence-corrected chi connectivity index (χ4v) is 4.50. The van der Waals surface area contributed by atoms with Crippen molar-refractivity contribution in [3.05, 3.63) is 106 Å². The van der Waals surface area contributed by atoms with E-state index in [2.05, 4.69) is 34.7 Å². The van der Waals surface area contributed by atoms with Gasteiger partial charge in [0.2, 0.25) is 0 Å². The summed E-state index contributed by atoms with van der Waals surface area (Å²) in [6, 6.07) is 26.0. The lowest BCUT2D eigenvalue weighted by molar-refractivity contribution is 0.0951. The van der Waals surface area contributed by atoms with E-state index >= 15 is 0 Å². The Morgan fingerprint density at radius 1 is 0.970 bits per heavy atom. The second-order valence-electron chi connectivity index (χ2n) is 7.80. The zero-order valence-electron chi connectivity index (χ0n) is 18.7. The van der Waals surface area contributed by atoms with Crippen LogP contribution in [0.1, 0.15) is 34.0 Å². The summed E-state index contributed by atoms with van der Waals surface area (Å²) in [5.74, 6) is -0.0838. The van der Waals surface area contributed by atoms with Crippen LogP contribution in [-0.4, -0.2) is 17.4 Å². The van der Waals surface area contributed by atoms with Crippen molar-refractivity contribution in [1.29, 1.82) is 0 Å². The molecule has 0 saturated carbocycles. The summed E-state index contributed by atoms with van der Waals surface area (Å²) in [5.41, 5.74) is 11.7. The van der Waals surface area contributed by atoms with Crippen LogP contribution in [0, 0.1) is 0 Å². The highest BCUT2D eigenvalue weighted by molar-refractivity contribution is 7.14. The van der Waals surface area contributed by atoms with Gasteiger partial charge in [0.15, 0.2) is 5.13 Å². The predicted molar refractivity (Wildman–Crippen MR) is 136 cm³/mol. The van der Waals surface area contributed by atoms with Gasteiger partial charge >= 0.3 is 0 Å². The third kappa shape index (κ3) is 5.86. The number of thiazole rings is 1. The molecular formula is C27H28N4OS. The number of carbonyl (C=O) groups excluding carboxylic acids is 1. The molecule has 0 aliphatic heterocycles.